The van der Waals surface area contributed by atoms with E-state index >= 15 is 0 Å². The predicted molar refractivity (Wildman–Crippen MR) is 114 cm³/mol. The molecule has 1 fully saturated rings. The summed E-state index contributed by atoms with van der Waals surface area (Å²) in [6, 6.07) is 10.5. The summed E-state index contributed by atoms with van der Waals surface area (Å²) in [7, 11) is 0. The molecule has 2 aromatic heterocycles. The van der Waals surface area contributed by atoms with Gasteiger partial charge in [0, 0.05) is 23.1 Å². The third-order valence-electron chi connectivity index (χ3n) is 5.50. The molecule has 1 amide bonds. The van der Waals surface area contributed by atoms with Crippen LogP contribution in [0.25, 0.3) is 16.2 Å². The van der Waals surface area contributed by atoms with Crippen LogP contribution in [0.15, 0.2) is 35.7 Å². The Bertz CT molecular complexity index is 952. The molecular weight excluding hydrogens is 368 g/mol. The van der Waals surface area contributed by atoms with E-state index in [-0.39, 0.29) is 0 Å². The number of benzene rings is 1. The second kappa shape index (κ2) is 8.05. The van der Waals surface area contributed by atoms with Crippen molar-refractivity contribution in [2.45, 2.75) is 33.7 Å². The molecule has 0 unspecified atom stereocenters. The summed E-state index contributed by atoms with van der Waals surface area (Å²) in [6.07, 6.45) is 0.658. The molecule has 3 heterocycles. The van der Waals surface area contributed by atoms with E-state index in [1.165, 1.54) is 21.9 Å². The second-order valence-electron chi connectivity index (χ2n) is 8.17. The van der Waals surface area contributed by atoms with E-state index < -0.39 is 0 Å². The number of hydrogen-bond acceptors (Lipinski definition) is 3. The first kappa shape index (κ1) is 19.2. The number of aryl methyl sites for hydroxylation is 1. The van der Waals surface area contributed by atoms with Gasteiger partial charge in [-0.05, 0) is 12.8 Å². The van der Waals surface area contributed by atoms with Crippen LogP contribution in [0.1, 0.15) is 31.7 Å². The fraction of sp³-hybridized carbons (Fsp3) is 0.455. The molecule has 1 saturated heterocycles. The number of piperazine rings is 1. The molecule has 1 aliphatic heterocycles. The molecule has 5 nitrogen and oxygen atoms in total. The monoisotopic (exact) mass is 397 g/mol. The molecule has 0 atom stereocenters. The Morgan fingerprint density at radius 1 is 1.21 bits per heavy atom. The van der Waals surface area contributed by atoms with Crippen LogP contribution < -0.4 is 4.90 Å². The van der Waals surface area contributed by atoms with Crippen LogP contribution in [-0.4, -0.2) is 46.4 Å². The van der Waals surface area contributed by atoms with E-state index in [0.717, 1.165) is 43.4 Å². The number of quaternary nitrogens is 1. The topological polar surface area (TPSA) is 42.0 Å². The summed E-state index contributed by atoms with van der Waals surface area (Å²) in [4.78, 5) is 21.9. The normalized spacial score (nSPS) is 15.6. The fourth-order valence-corrected chi connectivity index (χ4v) is 4.90. The number of thiazole rings is 1. The molecule has 0 spiro atoms. The average molecular weight is 398 g/mol. The highest BCUT2D eigenvalue weighted by atomic mass is 32.1. The molecule has 1 N–H and O–H groups in total. The zero-order valence-corrected chi connectivity index (χ0v) is 17.8. The van der Waals surface area contributed by atoms with Crippen molar-refractivity contribution in [2.75, 3.05) is 26.2 Å². The van der Waals surface area contributed by atoms with Gasteiger partial charge in [-0.1, -0.05) is 44.2 Å². The van der Waals surface area contributed by atoms with Crippen molar-refractivity contribution >= 4 is 22.2 Å². The maximum Gasteiger partial charge on any atom is 0.223 e. The number of carbonyl (C=O) groups excluding carboxylic acids is 1. The zero-order chi connectivity index (χ0) is 19.7. The highest BCUT2D eigenvalue weighted by Gasteiger charge is 2.27. The van der Waals surface area contributed by atoms with Gasteiger partial charge in [-0.15, -0.1) is 11.3 Å². The van der Waals surface area contributed by atoms with Crippen molar-refractivity contribution in [1.29, 1.82) is 0 Å². The maximum absolute atomic E-state index is 12.4. The summed E-state index contributed by atoms with van der Waals surface area (Å²) >= 11 is 1.71. The van der Waals surface area contributed by atoms with Gasteiger partial charge in [0.2, 0.25) is 5.91 Å². The largest absolute Gasteiger partial charge is 0.331 e. The smallest absolute Gasteiger partial charge is 0.223 e. The number of imidazole rings is 1. The SMILES string of the molecule is Cc1csc2nc(-c3ccccc3)c(C[NH+]3CCN(C(=O)CC(C)C)CC3)n12. The van der Waals surface area contributed by atoms with Crippen LogP contribution in [0.2, 0.25) is 0 Å². The number of nitrogens with one attached hydrogen (secondary N) is 1. The lowest BCUT2D eigenvalue weighted by Crippen LogP contribution is -3.13. The molecule has 148 valence electrons. The summed E-state index contributed by atoms with van der Waals surface area (Å²) in [5.74, 6) is 0.729. The third kappa shape index (κ3) is 3.84. The van der Waals surface area contributed by atoms with Crippen LogP contribution in [0.3, 0.4) is 0 Å². The standard InChI is InChI=1S/C22H28N4OS/c1-16(2)13-20(27)25-11-9-24(10-12-25)14-19-21(18-7-5-4-6-8-18)23-22-26(19)17(3)15-28-22/h4-8,15-16H,9-14H2,1-3H3/p+1. The summed E-state index contributed by atoms with van der Waals surface area (Å²) in [6.45, 7) is 11.0. The number of rotatable bonds is 5. The van der Waals surface area contributed by atoms with E-state index in [2.05, 4.69) is 54.8 Å². The first-order valence-electron chi connectivity index (χ1n) is 10.1. The lowest BCUT2D eigenvalue weighted by Gasteiger charge is -2.32. The zero-order valence-electron chi connectivity index (χ0n) is 16.9. The van der Waals surface area contributed by atoms with Crippen molar-refractivity contribution in [3.63, 3.8) is 0 Å². The predicted octanol–water partition coefficient (Wildman–Crippen LogP) is 2.64. The summed E-state index contributed by atoms with van der Waals surface area (Å²) < 4.78 is 2.32. The van der Waals surface area contributed by atoms with E-state index in [4.69, 9.17) is 4.98 Å². The quantitative estimate of drug-likeness (QED) is 0.719. The lowest BCUT2D eigenvalue weighted by atomic mass is 10.1. The van der Waals surface area contributed by atoms with Gasteiger partial charge >= 0.3 is 0 Å². The number of carbonyl (C=O) groups is 1. The Morgan fingerprint density at radius 3 is 2.61 bits per heavy atom. The van der Waals surface area contributed by atoms with Gasteiger partial charge in [-0.3, -0.25) is 9.20 Å². The van der Waals surface area contributed by atoms with Gasteiger partial charge in [-0.25, -0.2) is 4.98 Å². The van der Waals surface area contributed by atoms with Crippen molar-refractivity contribution < 1.29 is 9.69 Å². The minimum Gasteiger partial charge on any atom is -0.331 e. The molecule has 6 heteroatoms. The Hall–Kier alpha value is -2.18. The van der Waals surface area contributed by atoms with Crippen molar-refractivity contribution in [3.8, 4) is 11.3 Å². The minimum absolute atomic E-state index is 0.305. The number of nitrogens with zero attached hydrogens (tertiary/aromatic N) is 3. The third-order valence-corrected chi connectivity index (χ3v) is 6.44. The number of amides is 1. The van der Waals surface area contributed by atoms with E-state index in [1.807, 2.05) is 11.0 Å². The van der Waals surface area contributed by atoms with Crippen LogP contribution in [0.4, 0.5) is 0 Å². The molecule has 28 heavy (non-hydrogen) atoms. The fourth-order valence-electron chi connectivity index (χ4n) is 4.02. The van der Waals surface area contributed by atoms with E-state index in [0.29, 0.717) is 18.2 Å². The Balaban J connectivity index is 1.54. The number of fused-ring (bicyclic) bond motifs is 1. The highest BCUT2D eigenvalue weighted by molar-refractivity contribution is 7.15. The molecule has 3 aromatic rings. The summed E-state index contributed by atoms with van der Waals surface area (Å²) in [5, 5.41) is 2.18. The summed E-state index contributed by atoms with van der Waals surface area (Å²) in [5.41, 5.74) is 4.81. The van der Waals surface area contributed by atoms with Crippen molar-refractivity contribution in [3.05, 3.63) is 47.1 Å². The molecule has 0 saturated carbocycles. The molecular formula is C22H29N4OS+. The van der Waals surface area contributed by atoms with Gasteiger partial charge in [0.15, 0.2) is 4.96 Å². The Labute approximate surface area is 170 Å². The molecule has 0 aliphatic carbocycles. The van der Waals surface area contributed by atoms with E-state index in [9.17, 15) is 4.79 Å². The van der Waals surface area contributed by atoms with E-state index in [1.54, 1.807) is 11.3 Å². The minimum atomic E-state index is 0.305. The Morgan fingerprint density at radius 2 is 1.93 bits per heavy atom. The molecule has 4 rings (SSSR count). The van der Waals surface area contributed by atoms with Crippen LogP contribution >= 0.6 is 11.3 Å². The van der Waals surface area contributed by atoms with Gasteiger partial charge in [0.1, 0.15) is 12.2 Å². The van der Waals surface area contributed by atoms with Crippen molar-refractivity contribution in [2.24, 2.45) is 5.92 Å². The highest BCUT2D eigenvalue weighted by Crippen LogP contribution is 2.28. The molecule has 1 aliphatic rings. The van der Waals surface area contributed by atoms with Gasteiger partial charge in [0.25, 0.3) is 0 Å². The molecule has 1 aromatic carbocycles. The number of aromatic nitrogens is 2. The molecule has 0 radical (unpaired) electrons. The average Bonchev–Trinajstić information content (AvgIpc) is 3.23. The van der Waals surface area contributed by atoms with Gasteiger partial charge in [0.05, 0.1) is 31.9 Å². The Kier molecular flexibility index (Phi) is 5.51. The first-order valence-corrected chi connectivity index (χ1v) is 11.0. The lowest BCUT2D eigenvalue weighted by molar-refractivity contribution is -0.917. The van der Waals surface area contributed by atoms with Crippen molar-refractivity contribution in [1.82, 2.24) is 14.3 Å². The second-order valence-corrected chi connectivity index (χ2v) is 9.01. The van der Waals surface area contributed by atoms with Gasteiger partial charge < -0.3 is 9.80 Å². The maximum atomic E-state index is 12.4. The van der Waals surface area contributed by atoms with Crippen LogP contribution in [0.5, 0.6) is 0 Å². The van der Waals surface area contributed by atoms with Gasteiger partial charge in [-0.2, -0.15) is 0 Å². The van der Waals surface area contributed by atoms with Crippen LogP contribution in [0, 0.1) is 12.8 Å². The number of hydrogen-bond donors (Lipinski definition) is 1. The first-order chi connectivity index (χ1) is 13.5. The van der Waals surface area contributed by atoms with Crippen LogP contribution in [-0.2, 0) is 11.3 Å². The molecule has 0 bridgehead atoms.